The molecule has 2 aromatic rings. The largest absolute Gasteiger partial charge is 0.497 e. The second kappa shape index (κ2) is 4.55. The highest BCUT2D eigenvalue weighted by Crippen LogP contribution is 2.22. The minimum Gasteiger partial charge on any atom is -0.497 e. The summed E-state index contributed by atoms with van der Waals surface area (Å²) in [6, 6.07) is 10.9. The van der Waals surface area contributed by atoms with Gasteiger partial charge in [-0.15, -0.1) is 0 Å². The molecule has 17 heavy (non-hydrogen) atoms. The SMILES string of the molecule is COc1ccc2cc(C(=O)C(C)N)ccc2c1. The number of nitrogens with two attached hydrogens (primary N) is 1. The molecule has 0 radical (unpaired) electrons. The lowest BCUT2D eigenvalue weighted by atomic mass is 10.0. The van der Waals surface area contributed by atoms with Crippen LogP contribution in [0.3, 0.4) is 0 Å². The number of rotatable bonds is 3. The maximum Gasteiger partial charge on any atom is 0.179 e. The first-order valence-electron chi connectivity index (χ1n) is 5.49. The van der Waals surface area contributed by atoms with Crippen LogP contribution >= 0.6 is 0 Å². The van der Waals surface area contributed by atoms with E-state index in [1.54, 1.807) is 20.1 Å². The highest BCUT2D eigenvalue weighted by atomic mass is 16.5. The smallest absolute Gasteiger partial charge is 0.179 e. The van der Waals surface area contributed by atoms with E-state index in [9.17, 15) is 4.79 Å². The van der Waals surface area contributed by atoms with Crippen LogP contribution in [0, 0.1) is 0 Å². The van der Waals surface area contributed by atoms with Crippen LogP contribution < -0.4 is 10.5 Å². The fourth-order valence-electron chi connectivity index (χ4n) is 1.77. The molecule has 3 nitrogen and oxygen atoms in total. The van der Waals surface area contributed by atoms with Crippen molar-refractivity contribution >= 4 is 16.6 Å². The molecule has 0 saturated heterocycles. The van der Waals surface area contributed by atoms with Gasteiger partial charge in [-0.2, -0.15) is 0 Å². The van der Waals surface area contributed by atoms with E-state index in [0.29, 0.717) is 5.56 Å². The molecule has 2 N–H and O–H groups in total. The lowest BCUT2D eigenvalue weighted by molar-refractivity contribution is 0.0968. The number of fused-ring (bicyclic) bond motifs is 1. The van der Waals surface area contributed by atoms with E-state index >= 15 is 0 Å². The number of ether oxygens (including phenoxy) is 1. The van der Waals surface area contributed by atoms with Crippen LogP contribution in [0.5, 0.6) is 5.75 Å². The Morgan fingerprint density at radius 1 is 1.18 bits per heavy atom. The maximum atomic E-state index is 11.8. The molecule has 2 rings (SSSR count). The summed E-state index contributed by atoms with van der Waals surface area (Å²) in [5.74, 6) is 0.770. The normalized spacial score (nSPS) is 12.4. The number of methoxy groups -OCH3 is 1. The zero-order valence-electron chi connectivity index (χ0n) is 9.94. The van der Waals surface area contributed by atoms with Crippen LogP contribution in [0.4, 0.5) is 0 Å². The van der Waals surface area contributed by atoms with Gasteiger partial charge in [-0.05, 0) is 35.9 Å². The zero-order chi connectivity index (χ0) is 12.4. The highest BCUT2D eigenvalue weighted by Gasteiger charge is 2.10. The van der Waals surface area contributed by atoms with Crippen LogP contribution in [-0.2, 0) is 0 Å². The molecule has 0 saturated carbocycles. The first-order chi connectivity index (χ1) is 8.11. The van der Waals surface area contributed by atoms with Gasteiger partial charge < -0.3 is 10.5 Å². The summed E-state index contributed by atoms with van der Waals surface area (Å²) in [5, 5.41) is 2.06. The monoisotopic (exact) mass is 229 g/mol. The van der Waals surface area contributed by atoms with Crippen LogP contribution in [0.15, 0.2) is 36.4 Å². The lowest BCUT2D eigenvalue weighted by Gasteiger charge is -2.07. The Morgan fingerprint density at radius 3 is 2.47 bits per heavy atom. The van der Waals surface area contributed by atoms with Gasteiger partial charge in [0.05, 0.1) is 13.2 Å². The Bertz CT molecular complexity index is 561. The van der Waals surface area contributed by atoms with E-state index in [2.05, 4.69) is 0 Å². The molecule has 1 atom stereocenters. The summed E-state index contributed by atoms with van der Waals surface area (Å²) < 4.78 is 5.15. The molecule has 0 aliphatic carbocycles. The summed E-state index contributed by atoms with van der Waals surface area (Å²) in [5.41, 5.74) is 6.24. The molecule has 0 aliphatic rings. The molecule has 1 unspecified atom stereocenters. The Kier molecular flexibility index (Phi) is 3.11. The van der Waals surface area contributed by atoms with Crippen molar-refractivity contribution in [3.63, 3.8) is 0 Å². The Labute approximate surface area is 100 Å². The van der Waals surface area contributed by atoms with Crippen molar-refractivity contribution in [1.29, 1.82) is 0 Å². The van der Waals surface area contributed by atoms with Crippen LogP contribution in [-0.4, -0.2) is 18.9 Å². The molecule has 0 aromatic heterocycles. The number of ketones is 1. The standard InChI is InChI=1S/C14H15NO2/c1-9(15)14(16)12-4-3-11-8-13(17-2)6-5-10(11)7-12/h3-9H,15H2,1-2H3. The minimum absolute atomic E-state index is 0.0391. The summed E-state index contributed by atoms with van der Waals surface area (Å²) >= 11 is 0. The third-order valence-electron chi connectivity index (χ3n) is 2.75. The number of benzene rings is 2. The van der Waals surface area contributed by atoms with Crippen molar-refractivity contribution < 1.29 is 9.53 Å². The molecule has 88 valence electrons. The predicted molar refractivity (Wildman–Crippen MR) is 68.5 cm³/mol. The van der Waals surface area contributed by atoms with Crippen molar-refractivity contribution in [1.82, 2.24) is 0 Å². The zero-order valence-corrected chi connectivity index (χ0v) is 9.94. The number of Topliss-reactive ketones (excluding diaryl/α,β-unsaturated/α-hetero) is 1. The third-order valence-corrected chi connectivity index (χ3v) is 2.75. The van der Waals surface area contributed by atoms with Crippen molar-refractivity contribution in [2.75, 3.05) is 7.11 Å². The third kappa shape index (κ3) is 2.29. The van der Waals surface area contributed by atoms with Gasteiger partial charge in [-0.3, -0.25) is 4.79 Å². The Morgan fingerprint density at radius 2 is 1.82 bits per heavy atom. The van der Waals surface area contributed by atoms with E-state index in [-0.39, 0.29) is 5.78 Å². The van der Waals surface area contributed by atoms with E-state index in [4.69, 9.17) is 10.5 Å². The summed E-state index contributed by atoms with van der Waals surface area (Å²) in [6.07, 6.45) is 0. The molecule has 2 aromatic carbocycles. The van der Waals surface area contributed by atoms with Crippen molar-refractivity contribution in [2.45, 2.75) is 13.0 Å². The number of carbonyl (C=O) groups is 1. The quantitative estimate of drug-likeness (QED) is 0.822. The minimum atomic E-state index is -0.467. The molecule has 3 heteroatoms. The van der Waals surface area contributed by atoms with E-state index in [0.717, 1.165) is 16.5 Å². The molecular formula is C14H15NO2. The van der Waals surface area contributed by atoms with E-state index in [1.165, 1.54) is 0 Å². The molecule has 0 heterocycles. The fraction of sp³-hybridized carbons (Fsp3) is 0.214. The van der Waals surface area contributed by atoms with Crippen molar-refractivity contribution in [2.24, 2.45) is 5.73 Å². The van der Waals surface area contributed by atoms with Crippen LogP contribution in [0.2, 0.25) is 0 Å². The van der Waals surface area contributed by atoms with Gasteiger partial charge >= 0.3 is 0 Å². The van der Waals surface area contributed by atoms with Gasteiger partial charge in [-0.25, -0.2) is 0 Å². The summed E-state index contributed by atoms with van der Waals surface area (Å²) in [7, 11) is 1.63. The Balaban J connectivity index is 2.48. The maximum absolute atomic E-state index is 11.8. The first-order valence-corrected chi connectivity index (χ1v) is 5.49. The van der Waals surface area contributed by atoms with Gasteiger partial charge in [-0.1, -0.05) is 18.2 Å². The second-order valence-electron chi connectivity index (χ2n) is 4.08. The predicted octanol–water partition coefficient (Wildman–Crippen LogP) is 2.38. The Hall–Kier alpha value is -1.87. The molecular weight excluding hydrogens is 214 g/mol. The van der Waals surface area contributed by atoms with Crippen molar-refractivity contribution in [3.05, 3.63) is 42.0 Å². The number of hydrogen-bond acceptors (Lipinski definition) is 3. The molecule has 0 aliphatic heterocycles. The average Bonchev–Trinajstić information content (AvgIpc) is 2.36. The lowest BCUT2D eigenvalue weighted by Crippen LogP contribution is -2.26. The van der Waals surface area contributed by atoms with E-state index < -0.39 is 6.04 Å². The van der Waals surface area contributed by atoms with Gasteiger partial charge in [0.15, 0.2) is 5.78 Å². The topological polar surface area (TPSA) is 52.3 Å². The van der Waals surface area contributed by atoms with Crippen molar-refractivity contribution in [3.8, 4) is 5.75 Å². The first kappa shape index (κ1) is 11.6. The molecule has 0 fully saturated rings. The van der Waals surface area contributed by atoms with Crippen LogP contribution in [0.1, 0.15) is 17.3 Å². The van der Waals surface area contributed by atoms with Gasteiger partial charge in [0, 0.05) is 5.56 Å². The molecule has 0 spiro atoms. The van der Waals surface area contributed by atoms with Gasteiger partial charge in [0.25, 0.3) is 0 Å². The number of carbonyl (C=O) groups excluding carboxylic acids is 1. The highest BCUT2D eigenvalue weighted by molar-refractivity contribution is 6.02. The van der Waals surface area contributed by atoms with Gasteiger partial charge in [0.1, 0.15) is 5.75 Å². The second-order valence-corrected chi connectivity index (χ2v) is 4.08. The fourth-order valence-corrected chi connectivity index (χ4v) is 1.77. The summed E-state index contributed by atoms with van der Waals surface area (Å²) in [6.45, 7) is 1.69. The van der Waals surface area contributed by atoms with Crippen LogP contribution in [0.25, 0.3) is 10.8 Å². The molecule has 0 amide bonds. The molecule has 0 bridgehead atoms. The van der Waals surface area contributed by atoms with E-state index in [1.807, 2.05) is 30.3 Å². The number of hydrogen-bond donors (Lipinski definition) is 1. The average molecular weight is 229 g/mol. The van der Waals surface area contributed by atoms with Gasteiger partial charge in [0.2, 0.25) is 0 Å². The summed E-state index contributed by atoms with van der Waals surface area (Å²) in [4.78, 5) is 11.8.